The fourth-order valence-corrected chi connectivity index (χ4v) is 1.95. The highest BCUT2D eigenvalue weighted by Gasteiger charge is 2.27. The number of benzene rings is 1. The van der Waals surface area contributed by atoms with Crippen LogP contribution in [0.1, 0.15) is 0 Å². The molecule has 2 rings (SSSR count). The summed E-state index contributed by atoms with van der Waals surface area (Å²) < 4.78 is 0. The van der Waals surface area contributed by atoms with E-state index in [4.69, 9.17) is 23.2 Å². The molecule has 0 saturated carbocycles. The summed E-state index contributed by atoms with van der Waals surface area (Å²) in [4.78, 5) is 15.0. The Labute approximate surface area is 98.2 Å². The molecule has 0 aromatic heterocycles. The number of hydrogen-bond acceptors (Lipinski definition) is 1. The van der Waals surface area contributed by atoms with Gasteiger partial charge in [-0.3, -0.25) is 4.90 Å². The van der Waals surface area contributed by atoms with Gasteiger partial charge in [0.2, 0.25) is 0 Å². The molecule has 1 saturated heterocycles. The highest BCUT2D eigenvalue weighted by atomic mass is 35.5. The Kier molecular flexibility index (Phi) is 2.76. The molecule has 0 N–H and O–H groups in total. The molecular weight excluding hydrogens is 235 g/mol. The molecule has 3 nitrogen and oxygen atoms in total. The second kappa shape index (κ2) is 3.91. The predicted molar refractivity (Wildman–Crippen MR) is 61.8 cm³/mol. The largest absolute Gasteiger partial charge is 0.326 e. The van der Waals surface area contributed by atoms with Gasteiger partial charge < -0.3 is 4.90 Å². The third kappa shape index (κ3) is 1.90. The Morgan fingerprint density at radius 1 is 1.27 bits per heavy atom. The summed E-state index contributed by atoms with van der Waals surface area (Å²) in [5.41, 5.74) is 0.679. The molecule has 1 aliphatic rings. The summed E-state index contributed by atoms with van der Waals surface area (Å²) >= 11 is 11.9. The SMILES string of the molecule is CN1CCN(c2cc(Cl)ccc2Cl)C1=O. The molecular formula is C10H10Cl2N2O. The lowest BCUT2D eigenvalue weighted by Gasteiger charge is -2.17. The number of carbonyl (C=O) groups excluding carboxylic acids is 1. The van der Waals surface area contributed by atoms with Gasteiger partial charge in [0.25, 0.3) is 0 Å². The van der Waals surface area contributed by atoms with Crippen molar-refractivity contribution in [3.63, 3.8) is 0 Å². The maximum atomic E-state index is 11.7. The number of rotatable bonds is 1. The zero-order valence-electron chi connectivity index (χ0n) is 8.20. The zero-order valence-corrected chi connectivity index (χ0v) is 9.72. The number of hydrogen-bond donors (Lipinski definition) is 0. The van der Waals surface area contributed by atoms with Gasteiger partial charge in [0.05, 0.1) is 10.7 Å². The second-order valence-corrected chi connectivity index (χ2v) is 4.30. The minimum absolute atomic E-state index is 0.0424. The van der Waals surface area contributed by atoms with Crippen molar-refractivity contribution in [1.82, 2.24) is 4.90 Å². The van der Waals surface area contributed by atoms with E-state index in [-0.39, 0.29) is 6.03 Å². The van der Waals surface area contributed by atoms with Crippen LogP contribution in [-0.2, 0) is 0 Å². The van der Waals surface area contributed by atoms with Crippen LogP contribution in [0, 0.1) is 0 Å². The summed E-state index contributed by atoms with van der Waals surface area (Å²) in [5.74, 6) is 0. The molecule has 15 heavy (non-hydrogen) atoms. The first kappa shape index (κ1) is 10.6. The number of urea groups is 1. The van der Waals surface area contributed by atoms with E-state index in [1.54, 1.807) is 35.0 Å². The number of nitrogens with zero attached hydrogens (tertiary/aromatic N) is 2. The number of likely N-dealkylation sites (N-methyl/N-ethyl adjacent to an activating group) is 1. The highest BCUT2D eigenvalue weighted by molar-refractivity contribution is 6.35. The average molecular weight is 245 g/mol. The van der Waals surface area contributed by atoms with Crippen molar-refractivity contribution >= 4 is 34.9 Å². The normalized spacial score (nSPS) is 16.3. The first-order chi connectivity index (χ1) is 7.09. The number of carbonyl (C=O) groups is 1. The summed E-state index contributed by atoms with van der Waals surface area (Å²) in [7, 11) is 1.76. The van der Waals surface area contributed by atoms with Crippen LogP contribution in [0.2, 0.25) is 10.0 Å². The topological polar surface area (TPSA) is 23.6 Å². The smallest absolute Gasteiger partial charge is 0.324 e. The van der Waals surface area contributed by atoms with E-state index in [2.05, 4.69) is 0 Å². The van der Waals surface area contributed by atoms with Crippen LogP contribution in [0.3, 0.4) is 0 Å². The maximum absolute atomic E-state index is 11.7. The van der Waals surface area contributed by atoms with Crippen molar-refractivity contribution in [2.75, 3.05) is 25.0 Å². The predicted octanol–water partition coefficient (Wildman–Crippen LogP) is 2.87. The van der Waals surface area contributed by atoms with E-state index in [1.165, 1.54) is 0 Å². The summed E-state index contributed by atoms with van der Waals surface area (Å²) in [5, 5.41) is 1.12. The fourth-order valence-electron chi connectivity index (χ4n) is 1.56. The van der Waals surface area contributed by atoms with Crippen molar-refractivity contribution in [3.8, 4) is 0 Å². The molecule has 0 radical (unpaired) electrons. The van der Waals surface area contributed by atoms with Crippen molar-refractivity contribution in [1.29, 1.82) is 0 Å². The molecule has 0 bridgehead atoms. The second-order valence-electron chi connectivity index (χ2n) is 3.45. The summed E-state index contributed by atoms with van der Waals surface area (Å²) in [6, 6.07) is 5.07. The van der Waals surface area contributed by atoms with Gasteiger partial charge in [-0.1, -0.05) is 23.2 Å². The van der Waals surface area contributed by atoms with Crippen molar-refractivity contribution < 1.29 is 4.79 Å². The molecule has 80 valence electrons. The summed E-state index contributed by atoms with van der Waals surface area (Å²) in [6.45, 7) is 1.36. The van der Waals surface area contributed by atoms with Gasteiger partial charge in [0.15, 0.2) is 0 Å². The Hall–Kier alpha value is -0.930. The first-order valence-electron chi connectivity index (χ1n) is 4.57. The van der Waals surface area contributed by atoms with Crippen LogP contribution >= 0.6 is 23.2 Å². The monoisotopic (exact) mass is 244 g/mol. The van der Waals surface area contributed by atoms with Gasteiger partial charge in [-0.15, -0.1) is 0 Å². The van der Waals surface area contributed by atoms with E-state index in [0.29, 0.717) is 28.8 Å². The Balaban J connectivity index is 2.37. The molecule has 1 aliphatic heterocycles. The molecule has 0 atom stereocenters. The number of anilines is 1. The van der Waals surface area contributed by atoms with Crippen molar-refractivity contribution in [2.45, 2.75) is 0 Å². The van der Waals surface area contributed by atoms with E-state index in [0.717, 1.165) is 0 Å². The van der Waals surface area contributed by atoms with Gasteiger partial charge in [-0.05, 0) is 18.2 Å². The minimum atomic E-state index is -0.0424. The molecule has 1 heterocycles. The van der Waals surface area contributed by atoms with Crippen molar-refractivity contribution in [3.05, 3.63) is 28.2 Å². The first-order valence-corrected chi connectivity index (χ1v) is 5.33. The van der Waals surface area contributed by atoms with Crippen LogP contribution in [0.25, 0.3) is 0 Å². The number of halogens is 2. The zero-order chi connectivity index (χ0) is 11.0. The van der Waals surface area contributed by atoms with E-state index >= 15 is 0 Å². The van der Waals surface area contributed by atoms with Gasteiger partial charge >= 0.3 is 6.03 Å². The van der Waals surface area contributed by atoms with Crippen LogP contribution in [0.15, 0.2) is 18.2 Å². The quantitative estimate of drug-likeness (QED) is 0.746. The Morgan fingerprint density at radius 3 is 2.60 bits per heavy atom. The van der Waals surface area contributed by atoms with E-state index < -0.39 is 0 Å². The highest BCUT2D eigenvalue weighted by Crippen LogP contribution is 2.30. The van der Waals surface area contributed by atoms with Crippen LogP contribution in [0.5, 0.6) is 0 Å². The molecule has 0 spiro atoms. The van der Waals surface area contributed by atoms with E-state index in [1.807, 2.05) is 0 Å². The van der Waals surface area contributed by atoms with Crippen molar-refractivity contribution in [2.24, 2.45) is 0 Å². The molecule has 1 aromatic carbocycles. The molecule has 5 heteroatoms. The Morgan fingerprint density at radius 2 is 2.00 bits per heavy atom. The van der Waals surface area contributed by atoms with Gasteiger partial charge in [0.1, 0.15) is 0 Å². The Bertz CT molecular complexity index is 408. The number of amides is 2. The lowest BCUT2D eigenvalue weighted by molar-refractivity contribution is 0.229. The van der Waals surface area contributed by atoms with Gasteiger partial charge in [0, 0.05) is 25.2 Å². The molecule has 1 fully saturated rings. The van der Waals surface area contributed by atoms with Crippen LogP contribution in [0.4, 0.5) is 10.5 Å². The van der Waals surface area contributed by atoms with Gasteiger partial charge in [-0.2, -0.15) is 0 Å². The molecule has 2 amide bonds. The lowest BCUT2D eigenvalue weighted by atomic mass is 10.3. The van der Waals surface area contributed by atoms with Crippen LogP contribution in [-0.4, -0.2) is 31.1 Å². The van der Waals surface area contributed by atoms with Gasteiger partial charge in [-0.25, -0.2) is 4.79 Å². The molecule has 0 unspecified atom stereocenters. The average Bonchev–Trinajstić information content (AvgIpc) is 2.52. The minimum Gasteiger partial charge on any atom is -0.326 e. The standard InChI is InChI=1S/C10H10Cl2N2O/c1-13-4-5-14(10(13)15)9-6-7(11)2-3-8(9)12/h2-3,6H,4-5H2,1H3. The fraction of sp³-hybridized carbons (Fsp3) is 0.300. The third-order valence-corrected chi connectivity index (χ3v) is 2.97. The molecule has 1 aromatic rings. The lowest BCUT2D eigenvalue weighted by Crippen LogP contribution is -2.29. The van der Waals surface area contributed by atoms with E-state index in [9.17, 15) is 4.79 Å². The molecule has 0 aliphatic carbocycles. The summed E-state index contributed by atoms with van der Waals surface area (Å²) in [6.07, 6.45) is 0. The van der Waals surface area contributed by atoms with Crippen LogP contribution < -0.4 is 4.90 Å². The maximum Gasteiger partial charge on any atom is 0.324 e. The third-order valence-electron chi connectivity index (χ3n) is 2.42.